The SMILES string of the molecule is CCN(CC)CCOC(=O)CCC(=O)Oc1ccccc1OC(C)C. The molecule has 25 heavy (non-hydrogen) atoms. The molecule has 6 nitrogen and oxygen atoms in total. The molecule has 0 saturated heterocycles. The molecule has 0 heterocycles. The fraction of sp³-hybridized carbons (Fsp3) is 0.579. The lowest BCUT2D eigenvalue weighted by molar-refractivity contribution is -0.147. The third-order valence-electron chi connectivity index (χ3n) is 3.53. The third kappa shape index (κ3) is 8.54. The number of carbonyl (C=O) groups is 2. The quantitative estimate of drug-likeness (QED) is 0.451. The zero-order valence-electron chi connectivity index (χ0n) is 15.6. The Morgan fingerprint density at radius 1 is 1.00 bits per heavy atom. The minimum atomic E-state index is -0.486. The minimum absolute atomic E-state index is 0.00425. The summed E-state index contributed by atoms with van der Waals surface area (Å²) in [6.07, 6.45) is -0.0506. The van der Waals surface area contributed by atoms with Gasteiger partial charge in [0.1, 0.15) is 6.61 Å². The van der Waals surface area contributed by atoms with E-state index in [-0.39, 0.29) is 18.9 Å². The van der Waals surface area contributed by atoms with E-state index >= 15 is 0 Å². The van der Waals surface area contributed by atoms with Crippen molar-refractivity contribution >= 4 is 11.9 Å². The normalized spacial score (nSPS) is 10.8. The monoisotopic (exact) mass is 351 g/mol. The number of hydrogen-bond donors (Lipinski definition) is 0. The Morgan fingerprint density at radius 2 is 1.60 bits per heavy atom. The van der Waals surface area contributed by atoms with Crippen LogP contribution in [0.25, 0.3) is 0 Å². The van der Waals surface area contributed by atoms with Gasteiger partial charge < -0.3 is 19.1 Å². The van der Waals surface area contributed by atoms with Crippen molar-refractivity contribution in [1.29, 1.82) is 0 Å². The van der Waals surface area contributed by atoms with E-state index in [1.807, 2.05) is 19.9 Å². The number of para-hydroxylation sites is 2. The van der Waals surface area contributed by atoms with E-state index in [9.17, 15) is 9.59 Å². The van der Waals surface area contributed by atoms with Crippen molar-refractivity contribution in [2.45, 2.75) is 46.6 Å². The van der Waals surface area contributed by atoms with Gasteiger partial charge in [0.25, 0.3) is 0 Å². The third-order valence-corrected chi connectivity index (χ3v) is 3.53. The summed E-state index contributed by atoms with van der Waals surface area (Å²) < 4.78 is 16.0. The second-order valence-corrected chi connectivity index (χ2v) is 5.83. The minimum Gasteiger partial charge on any atom is -0.487 e. The van der Waals surface area contributed by atoms with Gasteiger partial charge in [-0.25, -0.2) is 0 Å². The zero-order valence-corrected chi connectivity index (χ0v) is 15.6. The van der Waals surface area contributed by atoms with E-state index in [1.54, 1.807) is 18.2 Å². The van der Waals surface area contributed by atoms with Crippen molar-refractivity contribution in [2.75, 3.05) is 26.2 Å². The first-order chi connectivity index (χ1) is 12.0. The number of esters is 2. The first kappa shape index (κ1) is 21.0. The Kier molecular flexibility index (Phi) is 9.62. The number of rotatable bonds is 11. The molecule has 0 N–H and O–H groups in total. The average Bonchev–Trinajstić information content (AvgIpc) is 2.58. The highest BCUT2D eigenvalue weighted by molar-refractivity contribution is 5.79. The number of carbonyl (C=O) groups excluding carboxylic acids is 2. The van der Waals surface area contributed by atoms with E-state index in [0.717, 1.165) is 13.1 Å². The molecular formula is C19H29NO5. The Morgan fingerprint density at radius 3 is 2.20 bits per heavy atom. The zero-order chi connectivity index (χ0) is 18.7. The molecule has 0 aromatic heterocycles. The van der Waals surface area contributed by atoms with E-state index < -0.39 is 11.9 Å². The van der Waals surface area contributed by atoms with Gasteiger partial charge in [-0.2, -0.15) is 0 Å². The molecule has 0 saturated carbocycles. The highest BCUT2D eigenvalue weighted by Crippen LogP contribution is 2.27. The molecule has 0 fully saturated rings. The molecule has 1 aromatic carbocycles. The summed E-state index contributed by atoms with van der Waals surface area (Å²) in [6, 6.07) is 6.97. The van der Waals surface area contributed by atoms with E-state index in [4.69, 9.17) is 14.2 Å². The van der Waals surface area contributed by atoms with Crippen LogP contribution in [0.5, 0.6) is 11.5 Å². The van der Waals surface area contributed by atoms with E-state index in [1.165, 1.54) is 0 Å². The molecule has 0 spiro atoms. The van der Waals surface area contributed by atoms with Crippen LogP contribution in [0.4, 0.5) is 0 Å². The lowest BCUT2D eigenvalue weighted by atomic mass is 10.3. The Bertz CT molecular complexity index is 540. The maximum Gasteiger partial charge on any atom is 0.311 e. The Balaban J connectivity index is 2.36. The molecule has 1 aromatic rings. The van der Waals surface area contributed by atoms with Gasteiger partial charge in [-0.15, -0.1) is 0 Å². The van der Waals surface area contributed by atoms with Gasteiger partial charge in [0.2, 0.25) is 0 Å². The van der Waals surface area contributed by atoms with Crippen LogP contribution in [0.2, 0.25) is 0 Å². The standard InChI is InChI=1S/C19H29NO5/c1-5-20(6-2)13-14-23-18(21)11-12-19(22)25-17-10-8-7-9-16(17)24-15(3)4/h7-10,15H,5-6,11-14H2,1-4H3. The van der Waals surface area contributed by atoms with Crippen molar-refractivity contribution in [3.8, 4) is 11.5 Å². The lowest BCUT2D eigenvalue weighted by Gasteiger charge is -2.17. The fourth-order valence-corrected chi connectivity index (χ4v) is 2.16. The summed E-state index contributed by atoms with van der Waals surface area (Å²) in [4.78, 5) is 25.8. The van der Waals surface area contributed by atoms with Crippen LogP contribution < -0.4 is 9.47 Å². The van der Waals surface area contributed by atoms with Crippen molar-refractivity contribution in [3.05, 3.63) is 24.3 Å². The molecule has 0 aliphatic carbocycles. The molecule has 0 amide bonds. The molecule has 0 atom stereocenters. The maximum atomic E-state index is 11.9. The van der Waals surface area contributed by atoms with Gasteiger partial charge in [0, 0.05) is 6.54 Å². The molecule has 1 rings (SSSR count). The Hall–Kier alpha value is -2.08. The first-order valence-electron chi connectivity index (χ1n) is 8.80. The van der Waals surface area contributed by atoms with Crippen LogP contribution in [0, 0.1) is 0 Å². The van der Waals surface area contributed by atoms with Crippen molar-refractivity contribution in [2.24, 2.45) is 0 Å². The highest BCUT2D eigenvalue weighted by atomic mass is 16.6. The number of nitrogens with zero attached hydrogens (tertiary/aromatic N) is 1. The largest absolute Gasteiger partial charge is 0.487 e. The van der Waals surface area contributed by atoms with E-state index in [2.05, 4.69) is 18.7 Å². The van der Waals surface area contributed by atoms with Gasteiger partial charge in [0.15, 0.2) is 11.5 Å². The fourth-order valence-electron chi connectivity index (χ4n) is 2.16. The van der Waals surface area contributed by atoms with E-state index in [0.29, 0.717) is 24.7 Å². The number of likely N-dealkylation sites (N-methyl/N-ethyl adjacent to an activating group) is 1. The van der Waals surface area contributed by atoms with Crippen LogP contribution in [0.1, 0.15) is 40.5 Å². The van der Waals surface area contributed by atoms with Crippen LogP contribution >= 0.6 is 0 Å². The predicted octanol–water partition coefficient (Wildman–Crippen LogP) is 3.04. The summed E-state index contributed by atoms with van der Waals surface area (Å²) in [5.41, 5.74) is 0. The molecule has 0 aliphatic rings. The Labute approximate surface area is 150 Å². The van der Waals surface area contributed by atoms with Gasteiger partial charge in [-0.3, -0.25) is 9.59 Å². The first-order valence-corrected chi connectivity index (χ1v) is 8.80. The summed E-state index contributed by atoms with van der Waals surface area (Å²) in [5, 5.41) is 0. The maximum absolute atomic E-state index is 11.9. The molecule has 6 heteroatoms. The molecule has 0 radical (unpaired) electrons. The van der Waals surface area contributed by atoms with Crippen molar-refractivity contribution in [1.82, 2.24) is 4.90 Å². The molecule has 0 unspecified atom stereocenters. The van der Waals surface area contributed by atoms with Gasteiger partial charge in [-0.05, 0) is 39.1 Å². The van der Waals surface area contributed by atoms with Gasteiger partial charge in [-0.1, -0.05) is 26.0 Å². The summed E-state index contributed by atoms with van der Waals surface area (Å²) >= 11 is 0. The van der Waals surface area contributed by atoms with Crippen LogP contribution in [-0.4, -0.2) is 49.2 Å². The predicted molar refractivity (Wildman–Crippen MR) is 95.8 cm³/mol. The summed E-state index contributed by atoms with van der Waals surface area (Å²) in [6.45, 7) is 10.8. The summed E-state index contributed by atoms with van der Waals surface area (Å²) in [7, 11) is 0. The van der Waals surface area contributed by atoms with Crippen LogP contribution in [0.15, 0.2) is 24.3 Å². The van der Waals surface area contributed by atoms with Crippen LogP contribution in [0.3, 0.4) is 0 Å². The average molecular weight is 351 g/mol. The topological polar surface area (TPSA) is 65.1 Å². The molecule has 0 bridgehead atoms. The molecule has 0 aliphatic heterocycles. The van der Waals surface area contributed by atoms with Crippen LogP contribution in [-0.2, 0) is 14.3 Å². The van der Waals surface area contributed by atoms with Gasteiger partial charge in [0.05, 0.1) is 18.9 Å². The molecule has 140 valence electrons. The number of hydrogen-bond acceptors (Lipinski definition) is 6. The second-order valence-electron chi connectivity index (χ2n) is 5.83. The smallest absolute Gasteiger partial charge is 0.311 e. The second kappa shape index (κ2) is 11.5. The van der Waals surface area contributed by atoms with Gasteiger partial charge >= 0.3 is 11.9 Å². The molecular weight excluding hydrogens is 322 g/mol. The number of benzene rings is 1. The lowest BCUT2D eigenvalue weighted by Crippen LogP contribution is -2.28. The highest BCUT2D eigenvalue weighted by Gasteiger charge is 2.13. The van der Waals surface area contributed by atoms with Crippen molar-refractivity contribution < 1.29 is 23.8 Å². The van der Waals surface area contributed by atoms with Crippen molar-refractivity contribution in [3.63, 3.8) is 0 Å². The number of ether oxygens (including phenoxy) is 3. The summed E-state index contributed by atoms with van der Waals surface area (Å²) in [5.74, 6) is -0.0138.